The first-order valence-electron chi connectivity index (χ1n) is 6.01. The molecule has 2 aromatic carbocycles. The molecule has 0 radical (unpaired) electrons. The number of anilines is 1. The Morgan fingerprint density at radius 2 is 1.84 bits per heavy atom. The second-order valence-corrected chi connectivity index (χ2v) is 6.05. The first kappa shape index (κ1) is 14.4. The van der Waals surface area contributed by atoms with Gasteiger partial charge in [-0.3, -0.25) is 4.90 Å². The molecule has 0 aliphatic rings. The minimum atomic E-state index is 0.776. The third-order valence-corrected chi connectivity index (χ3v) is 3.47. The van der Waals surface area contributed by atoms with Crippen LogP contribution in [0.4, 0.5) is 5.69 Å². The molecule has 0 atom stereocenters. The molecule has 2 N–H and O–H groups in total. The van der Waals surface area contributed by atoms with Gasteiger partial charge in [0, 0.05) is 28.3 Å². The zero-order valence-corrected chi connectivity index (χ0v) is 13.1. The van der Waals surface area contributed by atoms with Gasteiger partial charge in [-0.1, -0.05) is 39.7 Å². The molecule has 0 saturated heterocycles. The van der Waals surface area contributed by atoms with Crippen LogP contribution in [0.5, 0.6) is 0 Å². The van der Waals surface area contributed by atoms with E-state index in [2.05, 4.69) is 40.0 Å². The minimum absolute atomic E-state index is 0.776. The van der Waals surface area contributed by atoms with Gasteiger partial charge in [-0.05, 0) is 48.5 Å². The van der Waals surface area contributed by atoms with Crippen molar-refractivity contribution in [3.8, 4) is 0 Å². The average molecular weight is 340 g/mol. The van der Waals surface area contributed by atoms with Gasteiger partial charge in [-0.15, -0.1) is 0 Å². The van der Waals surface area contributed by atoms with E-state index in [1.54, 1.807) is 0 Å². The van der Waals surface area contributed by atoms with Crippen LogP contribution in [0.1, 0.15) is 11.1 Å². The monoisotopic (exact) mass is 338 g/mol. The number of nitrogens with zero attached hydrogens (tertiary/aromatic N) is 1. The molecule has 0 aromatic heterocycles. The Morgan fingerprint density at radius 3 is 2.53 bits per heavy atom. The van der Waals surface area contributed by atoms with Crippen molar-refractivity contribution >= 4 is 33.2 Å². The Hall–Kier alpha value is -1.03. The number of nitrogen functional groups attached to an aromatic ring is 1. The number of halogens is 2. The lowest BCUT2D eigenvalue weighted by atomic mass is 10.1. The molecule has 2 aromatic rings. The first-order valence-corrected chi connectivity index (χ1v) is 7.18. The van der Waals surface area contributed by atoms with E-state index >= 15 is 0 Å². The zero-order chi connectivity index (χ0) is 13.8. The fourth-order valence-corrected chi connectivity index (χ4v) is 2.85. The third kappa shape index (κ3) is 4.53. The Bertz CT molecular complexity index is 552. The topological polar surface area (TPSA) is 29.3 Å². The number of rotatable bonds is 4. The standard InChI is InChI=1S/C15H16BrClN2/c1-19(9-11-3-2-4-14(17)6-11)10-12-5-13(16)8-15(18)7-12/h2-8H,9-10,18H2,1H3. The van der Waals surface area contributed by atoms with Crippen LogP contribution in [0.15, 0.2) is 46.9 Å². The molecule has 4 heteroatoms. The number of nitrogens with two attached hydrogens (primary N) is 1. The number of hydrogen-bond donors (Lipinski definition) is 1. The van der Waals surface area contributed by atoms with Crippen molar-refractivity contribution in [1.29, 1.82) is 0 Å². The van der Waals surface area contributed by atoms with Crippen molar-refractivity contribution in [3.05, 3.63) is 63.1 Å². The van der Waals surface area contributed by atoms with E-state index in [9.17, 15) is 0 Å². The predicted molar refractivity (Wildman–Crippen MR) is 85.2 cm³/mol. The van der Waals surface area contributed by atoms with E-state index in [-0.39, 0.29) is 0 Å². The van der Waals surface area contributed by atoms with Gasteiger partial charge in [0.05, 0.1) is 0 Å². The summed E-state index contributed by atoms with van der Waals surface area (Å²) in [6.45, 7) is 1.70. The number of benzene rings is 2. The molecule has 19 heavy (non-hydrogen) atoms. The molecule has 2 rings (SSSR count). The van der Waals surface area contributed by atoms with Crippen LogP contribution in [0.25, 0.3) is 0 Å². The molecule has 0 aliphatic carbocycles. The maximum absolute atomic E-state index is 5.99. The Kier molecular flexibility index (Phi) is 4.86. The fourth-order valence-electron chi connectivity index (χ4n) is 2.08. The Morgan fingerprint density at radius 1 is 1.11 bits per heavy atom. The highest BCUT2D eigenvalue weighted by molar-refractivity contribution is 9.10. The second kappa shape index (κ2) is 6.42. The molecule has 100 valence electrons. The molecule has 0 saturated carbocycles. The van der Waals surface area contributed by atoms with Gasteiger partial charge < -0.3 is 5.73 Å². The lowest BCUT2D eigenvalue weighted by molar-refractivity contribution is 0.319. The molecule has 0 heterocycles. The molecule has 2 nitrogen and oxygen atoms in total. The van der Waals surface area contributed by atoms with E-state index in [0.717, 1.165) is 28.3 Å². The summed E-state index contributed by atoms with van der Waals surface area (Å²) in [7, 11) is 2.08. The van der Waals surface area contributed by atoms with Crippen LogP contribution in [-0.4, -0.2) is 11.9 Å². The molecule has 0 aliphatic heterocycles. The molecule has 0 unspecified atom stereocenters. The summed E-state index contributed by atoms with van der Waals surface area (Å²) in [4.78, 5) is 2.23. The smallest absolute Gasteiger partial charge is 0.0409 e. The molecular weight excluding hydrogens is 324 g/mol. The lowest BCUT2D eigenvalue weighted by Crippen LogP contribution is -2.17. The highest BCUT2D eigenvalue weighted by atomic mass is 79.9. The minimum Gasteiger partial charge on any atom is -0.399 e. The van der Waals surface area contributed by atoms with Crippen molar-refractivity contribution in [2.75, 3.05) is 12.8 Å². The zero-order valence-electron chi connectivity index (χ0n) is 10.7. The highest BCUT2D eigenvalue weighted by Crippen LogP contribution is 2.19. The number of hydrogen-bond acceptors (Lipinski definition) is 2. The van der Waals surface area contributed by atoms with E-state index in [4.69, 9.17) is 17.3 Å². The summed E-state index contributed by atoms with van der Waals surface area (Å²) >= 11 is 9.45. The first-order chi connectivity index (χ1) is 9.02. The van der Waals surface area contributed by atoms with Crippen LogP contribution >= 0.6 is 27.5 Å². The maximum atomic E-state index is 5.99. The molecule has 0 spiro atoms. The van der Waals surface area contributed by atoms with Crippen LogP contribution < -0.4 is 5.73 Å². The quantitative estimate of drug-likeness (QED) is 0.841. The largest absolute Gasteiger partial charge is 0.399 e. The van der Waals surface area contributed by atoms with Gasteiger partial charge in [-0.2, -0.15) is 0 Å². The SMILES string of the molecule is CN(Cc1cccc(Cl)c1)Cc1cc(N)cc(Br)c1. The van der Waals surface area contributed by atoms with Gasteiger partial charge in [0.2, 0.25) is 0 Å². The van der Waals surface area contributed by atoms with E-state index in [0.29, 0.717) is 0 Å². The van der Waals surface area contributed by atoms with E-state index in [1.807, 2.05) is 30.3 Å². The second-order valence-electron chi connectivity index (χ2n) is 4.70. The van der Waals surface area contributed by atoms with Crippen LogP contribution in [-0.2, 0) is 13.1 Å². The highest BCUT2D eigenvalue weighted by Gasteiger charge is 2.04. The summed E-state index contributed by atoms with van der Waals surface area (Å²) in [5.74, 6) is 0. The van der Waals surface area contributed by atoms with Gasteiger partial charge in [0.15, 0.2) is 0 Å². The van der Waals surface area contributed by atoms with Crippen molar-refractivity contribution in [2.24, 2.45) is 0 Å². The van der Waals surface area contributed by atoms with Crippen LogP contribution in [0.2, 0.25) is 5.02 Å². The van der Waals surface area contributed by atoms with Gasteiger partial charge >= 0.3 is 0 Å². The van der Waals surface area contributed by atoms with Crippen LogP contribution in [0, 0.1) is 0 Å². The Labute approximate surface area is 127 Å². The summed E-state index contributed by atoms with van der Waals surface area (Å²) in [5.41, 5.74) is 9.02. The van der Waals surface area contributed by atoms with Crippen LogP contribution in [0.3, 0.4) is 0 Å². The fraction of sp³-hybridized carbons (Fsp3) is 0.200. The van der Waals surface area contributed by atoms with Gasteiger partial charge in [0.25, 0.3) is 0 Å². The van der Waals surface area contributed by atoms with Gasteiger partial charge in [-0.25, -0.2) is 0 Å². The van der Waals surface area contributed by atoms with Crippen molar-refractivity contribution in [1.82, 2.24) is 4.90 Å². The lowest BCUT2D eigenvalue weighted by Gasteiger charge is -2.17. The summed E-state index contributed by atoms with van der Waals surface area (Å²) in [6.07, 6.45) is 0. The molecule has 0 bridgehead atoms. The molecule has 0 amide bonds. The predicted octanol–water partition coefficient (Wildman–Crippen LogP) is 4.32. The molecular formula is C15H16BrClN2. The van der Waals surface area contributed by atoms with E-state index in [1.165, 1.54) is 11.1 Å². The molecule has 0 fully saturated rings. The average Bonchev–Trinajstić information content (AvgIpc) is 2.26. The maximum Gasteiger partial charge on any atom is 0.0409 e. The summed E-state index contributed by atoms with van der Waals surface area (Å²) in [6, 6.07) is 13.9. The summed E-state index contributed by atoms with van der Waals surface area (Å²) in [5, 5.41) is 0.776. The van der Waals surface area contributed by atoms with Crippen molar-refractivity contribution in [2.45, 2.75) is 13.1 Å². The van der Waals surface area contributed by atoms with E-state index < -0.39 is 0 Å². The third-order valence-electron chi connectivity index (χ3n) is 2.77. The van der Waals surface area contributed by atoms with Crippen molar-refractivity contribution in [3.63, 3.8) is 0 Å². The van der Waals surface area contributed by atoms with Crippen molar-refractivity contribution < 1.29 is 0 Å². The van der Waals surface area contributed by atoms with Gasteiger partial charge in [0.1, 0.15) is 0 Å². The normalized spacial score (nSPS) is 10.9. The summed E-state index contributed by atoms with van der Waals surface area (Å²) < 4.78 is 1.01. The Balaban J connectivity index is 2.03.